The zero-order chi connectivity index (χ0) is 13.8. The Labute approximate surface area is 118 Å². The number of aromatic nitrogens is 2. The topological polar surface area (TPSA) is 37.8 Å². The zero-order valence-corrected chi connectivity index (χ0v) is 11.8. The maximum absolute atomic E-state index is 13.9. The van der Waals surface area contributed by atoms with Crippen LogP contribution in [0.3, 0.4) is 0 Å². The molecule has 0 spiro atoms. The van der Waals surface area contributed by atoms with Crippen molar-refractivity contribution in [3.05, 3.63) is 57.8 Å². The SMILES string of the molecule is CNC(Cc1c(F)ccc(Br)c1F)c1ccnnc1. The quantitative estimate of drug-likeness (QED) is 0.877. The first-order chi connectivity index (χ1) is 9.13. The van der Waals surface area contributed by atoms with Crippen LogP contribution in [0.2, 0.25) is 0 Å². The van der Waals surface area contributed by atoms with Gasteiger partial charge in [0.2, 0.25) is 0 Å². The Morgan fingerprint density at radius 1 is 1.26 bits per heavy atom. The predicted octanol–water partition coefficient (Wildman–Crippen LogP) is 3.02. The molecule has 1 heterocycles. The second-order valence-corrected chi connectivity index (χ2v) is 4.90. The van der Waals surface area contributed by atoms with E-state index in [4.69, 9.17) is 0 Å². The van der Waals surface area contributed by atoms with Crippen LogP contribution in [0.15, 0.2) is 35.1 Å². The second-order valence-electron chi connectivity index (χ2n) is 4.04. The Hall–Kier alpha value is -1.40. The van der Waals surface area contributed by atoms with Crippen LogP contribution in [0, 0.1) is 11.6 Å². The molecule has 0 aliphatic rings. The molecule has 0 aliphatic heterocycles. The Bertz CT molecular complexity index is 563. The molecule has 3 nitrogen and oxygen atoms in total. The first kappa shape index (κ1) is 14.0. The summed E-state index contributed by atoms with van der Waals surface area (Å²) >= 11 is 3.06. The minimum Gasteiger partial charge on any atom is -0.313 e. The van der Waals surface area contributed by atoms with E-state index in [9.17, 15) is 8.78 Å². The molecular formula is C13H12BrF2N3. The number of hydrogen-bond donors (Lipinski definition) is 1. The van der Waals surface area contributed by atoms with Gasteiger partial charge in [-0.2, -0.15) is 10.2 Å². The van der Waals surface area contributed by atoms with Crippen molar-refractivity contribution in [1.82, 2.24) is 15.5 Å². The average molecular weight is 328 g/mol. The molecule has 1 atom stereocenters. The number of benzene rings is 1. The van der Waals surface area contributed by atoms with E-state index in [0.717, 1.165) is 5.56 Å². The van der Waals surface area contributed by atoms with Gasteiger partial charge in [-0.1, -0.05) is 0 Å². The summed E-state index contributed by atoms with van der Waals surface area (Å²) in [7, 11) is 1.74. The van der Waals surface area contributed by atoms with Crippen LogP contribution in [0.5, 0.6) is 0 Å². The molecule has 0 saturated carbocycles. The van der Waals surface area contributed by atoms with E-state index < -0.39 is 11.6 Å². The molecule has 0 amide bonds. The zero-order valence-electron chi connectivity index (χ0n) is 10.2. The molecular weight excluding hydrogens is 316 g/mol. The smallest absolute Gasteiger partial charge is 0.143 e. The first-order valence-electron chi connectivity index (χ1n) is 5.69. The molecule has 0 radical (unpaired) electrons. The van der Waals surface area contributed by atoms with Gasteiger partial charge in [-0.05, 0) is 53.2 Å². The van der Waals surface area contributed by atoms with Crippen molar-refractivity contribution in [3.63, 3.8) is 0 Å². The van der Waals surface area contributed by atoms with Crippen LogP contribution < -0.4 is 5.32 Å². The number of nitrogens with zero attached hydrogens (tertiary/aromatic N) is 2. The lowest BCUT2D eigenvalue weighted by molar-refractivity contribution is 0.511. The summed E-state index contributed by atoms with van der Waals surface area (Å²) in [5.74, 6) is -1.12. The van der Waals surface area contributed by atoms with Gasteiger partial charge in [0, 0.05) is 17.8 Å². The van der Waals surface area contributed by atoms with Crippen LogP contribution in [0.4, 0.5) is 8.78 Å². The molecule has 2 rings (SSSR count). The molecule has 1 aromatic carbocycles. The van der Waals surface area contributed by atoms with Crippen molar-refractivity contribution in [2.45, 2.75) is 12.5 Å². The summed E-state index contributed by atoms with van der Waals surface area (Å²) in [6.07, 6.45) is 3.32. The fourth-order valence-corrected chi connectivity index (χ4v) is 2.23. The number of likely N-dealkylation sites (N-methyl/N-ethyl adjacent to an activating group) is 1. The van der Waals surface area contributed by atoms with Crippen molar-refractivity contribution in [2.75, 3.05) is 7.05 Å². The van der Waals surface area contributed by atoms with Crippen LogP contribution in [0.1, 0.15) is 17.2 Å². The van der Waals surface area contributed by atoms with Gasteiger partial charge >= 0.3 is 0 Å². The minimum atomic E-state index is -0.567. The summed E-state index contributed by atoms with van der Waals surface area (Å²) in [5, 5.41) is 10.5. The molecule has 1 unspecified atom stereocenters. The summed E-state index contributed by atoms with van der Waals surface area (Å²) < 4.78 is 27.9. The van der Waals surface area contributed by atoms with Crippen molar-refractivity contribution >= 4 is 15.9 Å². The van der Waals surface area contributed by atoms with E-state index in [-0.39, 0.29) is 22.5 Å². The van der Waals surface area contributed by atoms with Crippen LogP contribution >= 0.6 is 15.9 Å². The summed E-state index contributed by atoms with van der Waals surface area (Å²) in [4.78, 5) is 0. The van der Waals surface area contributed by atoms with E-state index in [2.05, 4.69) is 31.4 Å². The standard InChI is InChI=1S/C13H12BrF2N3/c1-17-12(8-4-5-18-19-7-8)6-9-11(15)3-2-10(14)13(9)16/h2-5,7,12,17H,6H2,1H3. The fraction of sp³-hybridized carbons (Fsp3) is 0.231. The van der Waals surface area contributed by atoms with Crippen molar-refractivity contribution < 1.29 is 8.78 Å². The number of nitrogens with one attached hydrogen (secondary N) is 1. The van der Waals surface area contributed by atoms with Crippen LogP contribution in [0.25, 0.3) is 0 Å². The molecule has 0 saturated heterocycles. The lowest BCUT2D eigenvalue weighted by Gasteiger charge is -2.17. The molecule has 100 valence electrons. The van der Waals surface area contributed by atoms with E-state index in [1.54, 1.807) is 25.5 Å². The third kappa shape index (κ3) is 3.13. The molecule has 19 heavy (non-hydrogen) atoms. The Morgan fingerprint density at radius 3 is 2.68 bits per heavy atom. The number of hydrogen-bond acceptors (Lipinski definition) is 3. The monoisotopic (exact) mass is 327 g/mol. The normalized spacial score (nSPS) is 12.4. The number of halogens is 3. The average Bonchev–Trinajstić information content (AvgIpc) is 2.44. The van der Waals surface area contributed by atoms with Crippen molar-refractivity contribution in [2.24, 2.45) is 0 Å². The highest BCUT2D eigenvalue weighted by Gasteiger charge is 2.18. The van der Waals surface area contributed by atoms with Crippen LogP contribution in [-0.4, -0.2) is 17.2 Å². The van der Waals surface area contributed by atoms with E-state index in [1.807, 2.05) is 0 Å². The minimum absolute atomic E-state index is 0.0468. The molecule has 6 heteroatoms. The number of rotatable bonds is 4. The molecule has 0 bridgehead atoms. The van der Waals surface area contributed by atoms with E-state index >= 15 is 0 Å². The summed E-state index contributed by atoms with van der Waals surface area (Å²) in [5.41, 5.74) is 0.877. The molecule has 1 N–H and O–H groups in total. The highest BCUT2D eigenvalue weighted by atomic mass is 79.9. The van der Waals surface area contributed by atoms with Crippen LogP contribution in [-0.2, 0) is 6.42 Å². The van der Waals surface area contributed by atoms with E-state index in [1.165, 1.54) is 12.1 Å². The largest absolute Gasteiger partial charge is 0.313 e. The summed E-state index contributed by atoms with van der Waals surface area (Å²) in [6, 6.07) is 4.15. The van der Waals surface area contributed by atoms with E-state index in [0.29, 0.717) is 0 Å². The van der Waals surface area contributed by atoms with Gasteiger partial charge in [0.15, 0.2) is 0 Å². The van der Waals surface area contributed by atoms with Gasteiger partial charge in [0.1, 0.15) is 11.6 Å². The molecule has 2 aromatic rings. The Balaban J connectivity index is 2.32. The highest BCUT2D eigenvalue weighted by molar-refractivity contribution is 9.10. The Kier molecular flexibility index (Phi) is 4.55. The lowest BCUT2D eigenvalue weighted by atomic mass is 10.00. The van der Waals surface area contributed by atoms with Gasteiger partial charge in [-0.25, -0.2) is 8.78 Å². The first-order valence-corrected chi connectivity index (χ1v) is 6.49. The maximum Gasteiger partial charge on any atom is 0.143 e. The van der Waals surface area contributed by atoms with Gasteiger partial charge in [0.05, 0.1) is 10.7 Å². The van der Waals surface area contributed by atoms with Crippen molar-refractivity contribution in [3.8, 4) is 0 Å². The molecule has 0 fully saturated rings. The third-order valence-corrected chi connectivity index (χ3v) is 3.52. The molecule has 1 aromatic heterocycles. The van der Waals surface area contributed by atoms with Crippen molar-refractivity contribution in [1.29, 1.82) is 0 Å². The van der Waals surface area contributed by atoms with Gasteiger partial charge < -0.3 is 5.32 Å². The third-order valence-electron chi connectivity index (χ3n) is 2.91. The fourth-order valence-electron chi connectivity index (χ4n) is 1.85. The maximum atomic E-state index is 13.9. The lowest BCUT2D eigenvalue weighted by Crippen LogP contribution is -2.20. The van der Waals surface area contributed by atoms with Gasteiger partial charge in [-0.3, -0.25) is 0 Å². The summed E-state index contributed by atoms with van der Waals surface area (Å²) in [6.45, 7) is 0. The molecule has 0 aliphatic carbocycles. The highest BCUT2D eigenvalue weighted by Crippen LogP contribution is 2.26. The Morgan fingerprint density at radius 2 is 2.05 bits per heavy atom. The second kappa shape index (κ2) is 6.16. The van der Waals surface area contributed by atoms with Gasteiger partial charge in [-0.15, -0.1) is 0 Å². The predicted molar refractivity (Wildman–Crippen MR) is 71.6 cm³/mol. The van der Waals surface area contributed by atoms with Gasteiger partial charge in [0.25, 0.3) is 0 Å².